The highest BCUT2D eigenvalue weighted by Crippen LogP contribution is 2.23. The van der Waals surface area contributed by atoms with Gasteiger partial charge in [-0.1, -0.05) is 12.1 Å². The molecule has 0 atom stereocenters. The van der Waals surface area contributed by atoms with Crippen LogP contribution in [0.1, 0.15) is 12.7 Å². The quantitative estimate of drug-likeness (QED) is 0.578. The van der Waals surface area contributed by atoms with Gasteiger partial charge in [0, 0.05) is 11.3 Å². The number of nitrogens with one attached hydrogen (secondary N) is 1. The standard InChI is InChI=1S/C12H12N2O/c1-8(13)11-5-6-12(15-11)9-3-2-4-10(14)7-9/h2-7,13H,14H2,1H3. The highest BCUT2D eigenvalue weighted by Gasteiger charge is 2.05. The summed E-state index contributed by atoms with van der Waals surface area (Å²) >= 11 is 0. The Labute approximate surface area is 88.0 Å². The van der Waals surface area contributed by atoms with Crippen LogP contribution >= 0.6 is 0 Å². The Kier molecular flexibility index (Phi) is 2.29. The molecule has 0 saturated carbocycles. The van der Waals surface area contributed by atoms with E-state index in [2.05, 4.69) is 0 Å². The first-order chi connectivity index (χ1) is 7.16. The molecule has 3 nitrogen and oxygen atoms in total. The lowest BCUT2D eigenvalue weighted by atomic mass is 10.1. The van der Waals surface area contributed by atoms with E-state index in [4.69, 9.17) is 15.6 Å². The molecular formula is C12H12N2O. The van der Waals surface area contributed by atoms with Crippen molar-refractivity contribution < 1.29 is 4.42 Å². The summed E-state index contributed by atoms with van der Waals surface area (Å²) < 4.78 is 5.51. The maximum absolute atomic E-state index is 7.44. The number of rotatable bonds is 2. The summed E-state index contributed by atoms with van der Waals surface area (Å²) in [4.78, 5) is 0. The average Bonchev–Trinajstić information content (AvgIpc) is 2.66. The lowest BCUT2D eigenvalue weighted by Crippen LogP contribution is -1.86. The molecule has 1 heterocycles. The molecule has 0 spiro atoms. The molecule has 0 saturated heterocycles. The van der Waals surface area contributed by atoms with Gasteiger partial charge < -0.3 is 15.6 Å². The second-order valence-electron chi connectivity index (χ2n) is 3.41. The van der Waals surface area contributed by atoms with Gasteiger partial charge in [0.05, 0.1) is 5.71 Å². The smallest absolute Gasteiger partial charge is 0.148 e. The van der Waals surface area contributed by atoms with Crippen molar-refractivity contribution in [3.63, 3.8) is 0 Å². The van der Waals surface area contributed by atoms with E-state index >= 15 is 0 Å². The number of anilines is 1. The normalized spacial score (nSPS) is 10.2. The van der Waals surface area contributed by atoms with Crippen LogP contribution in [-0.2, 0) is 0 Å². The van der Waals surface area contributed by atoms with E-state index in [0.717, 1.165) is 11.3 Å². The monoisotopic (exact) mass is 200 g/mol. The molecule has 0 aliphatic heterocycles. The molecule has 76 valence electrons. The van der Waals surface area contributed by atoms with Crippen molar-refractivity contribution in [3.05, 3.63) is 42.2 Å². The van der Waals surface area contributed by atoms with Gasteiger partial charge in [0.1, 0.15) is 11.5 Å². The Morgan fingerprint density at radius 3 is 2.67 bits per heavy atom. The van der Waals surface area contributed by atoms with Crippen LogP contribution in [0.5, 0.6) is 0 Å². The fourth-order valence-corrected chi connectivity index (χ4v) is 1.39. The van der Waals surface area contributed by atoms with Crippen molar-refractivity contribution in [2.45, 2.75) is 6.92 Å². The third-order valence-corrected chi connectivity index (χ3v) is 2.15. The van der Waals surface area contributed by atoms with Crippen LogP contribution in [0.2, 0.25) is 0 Å². The topological polar surface area (TPSA) is 63.0 Å². The van der Waals surface area contributed by atoms with Crippen LogP contribution in [0.3, 0.4) is 0 Å². The van der Waals surface area contributed by atoms with Crippen molar-refractivity contribution in [2.24, 2.45) is 0 Å². The third kappa shape index (κ3) is 1.91. The van der Waals surface area contributed by atoms with E-state index in [1.807, 2.05) is 30.3 Å². The number of benzene rings is 1. The molecule has 1 aromatic heterocycles. The Balaban J connectivity index is 2.41. The fraction of sp³-hybridized carbons (Fsp3) is 0.0833. The lowest BCUT2D eigenvalue weighted by Gasteiger charge is -1.98. The molecule has 15 heavy (non-hydrogen) atoms. The highest BCUT2D eigenvalue weighted by atomic mass is 16.3. The van der Waals surface area contributed by atoms with Crippen LogP contribution in [-0.4, -0.2) is 5.71 Å². The zero-order valence-electron chi connectivity index (χ0n) is 8.45. The van der Waals surface area contributed by atoms with Gasteiger partial charge in [0.25, 0.3) is 0 Å². The van der Waals surface area contributed by atoms with E-state index in [0.29, 0.717) is 17.2 Å². The first-order valence-corrected chi connectivity index (χ1v) is 4.68. The largest absolute Gasteiger partial charge is 0.455 e. The molecule has 0 radical (unpaired) electrons. The second-order valence-corrected chi connectivity index (χ2v) is 3.41. The lowest BCUT2D eigenvalue weighted by molar-refractivity contribution is 0.571. The minimum absolute atomic E-state index is 0.421. The molecule has 0 unspecified atom stereocenters. The zero-order valence-corrected chi connectivity index (χ0v) is 8.45. The Hall–Kier alpha value is -2.03. The maximum atomic E-state index is 7.44. The molecule has 0 amide bonds. The first kappa shape index (κ1) is 9.52. The van der Waals surface area contributed by atoms with Gasteiger partial charge in [-0.05, 0) is 31.2 Å². The Morgan fingerprint density at radius 1 is 1.27 bits per heavy atom. The van der Waals surface area contributed by atoms with Crippen LogP contribution in [0.15, 0.2) is 40.8 Å². The van der Waals surface area contributed by atoms with E-state index in [9.17, 15) is 0 Å². The molecule has 0 bridgehead atoms. The summed E-state index contributed by atoms with van der Waals surface area (Å²) in [6, 6.07) is 11.1. The third-order valence-electron chi connectivity index (χ3n) is 2.15. The van der Waals surface area contributed by atoms with Crippen molar-refractivity contribution in [2.75, 3.05) is 5.73 Å². The molecule has 3 heteroatoms. The average molecular weight is 200 g/mol. The summed E-state index contributed by atoms with van der Waals surface area (Å²) in [6.07, 6.45) is 0. The van der Waals surface area contributed by atoms with Crippen LogP contribution in [0.4, 0.5) is 5.69 Å². The van der Waals surface area contributed by atoms with Crippen molar-refractivity contribution in [1.82, 2.24) is 0 Å². The van der Waals surface area contributed by atoms with Crippen LogP contribution < -0.4 is 5.73 Å². The van der Waals surface area contributed by atoms with Gasteiger partial charge >= 0.3 is 0 Å². The highest BCUT2D eigenvalue weighted by molar-refractivity contribution is 5.94. The van der Waals surface area contributed by atoms with Crippen molar-refractivity contribution in [1.29, 1.82) is 5.41 Å². The molecule has 0 aliphatic rings. The van der Waals surface area contributed by atoms with Gasteiger partial charge in [-0.15, -0.1) is 0 Å². The van der Waals surface area contributed by atoms with E-state index in [1.165, 1.54) is 0 Å². The molecule has 0 fully saturated rings. The van der Waals surface area contributed by atoms with Crippen molar-refractivity contribution in [3.8, 4) is 11.3 Å². The first-order valence-electron chi connectivity index (χ1n) is 4.68. The summed E-state index contributed by atoms with van der Waals surface area (Å²) in [6.45, 7) is 1.70. The summed E-state index contributed by atoms with van der Waals surface area (Å²) in [5.74, 6) is 1.33. The van der Waals surface area contributed by atoms with Crippen LogP contribution in [0, 0.1) is 5.41 Å². The zero-order chi connectivity index (χ0) is 10.8. The molecule has 1 aromatic carbocycles. The van der Waals surface area contributed by atoms with E-state index < -0.39 is 0 Å². The molecule has 2 rings (SSSR count). The molecular weight excluding hydrogens is 188 g/mol. The van der Waals surface area contributed by atoms with Crippen molar-refractivity contribution >= 4 is 11.4 Å². The van der Waals surface area contributed by atoms with Gasteiger partial charge in [-0.25, -0.2) is 0 Å². The van der Waals surface area contributed by atoms with E-state index in [-0.39, 0.29) is 0 Å². The maximum Gasteiger partial charge on any atom is 0.148 e. The Morgan fingerprint density at radius 2 is 2.07 bits per heavy atom. The number of hydrogen-bond donors (Lipinski definition) is 2. The summed E-state index contributed by atoms with van der Waals surface area (Å²) in [5.41, 5.74) is 7.74. The predicted octanol–water partition coefficient (Wildman–Crippen LogP) is 2.92. The number of nitrogens with two attached hydrogens (primary N) is 1. The number of hydrogen-bond acceptors (Lipinski definition) is 3. The number of furan rings is 1. The summed E-state index contributed by atoms with van der Waals surface area (Å²) in [7, 11) is 0. The predicted molar refractivity (Wildman–Crippen MR) is 61.1 cm³/mol. The minimum Gasteiger partial charge on any atom is -0.455 e. The molecule has 2 aromatic rings. The van der Waals surface area contributed by atoms with Gasteiger partial charge in [0.15, 0.2) is 0 Å². The van der Waals surface area contributed by atoms with E-state index in [1.54, 1.807) is 13.0 Å². The molecule has 0 aliphatic carbocycles. The van der Waals surface area contributed by atoms with Gasteiger partial charge in [-0.2, -0.15) is 0 Å². The second kappa shape index (κ2) is 3.61. The van der Waals surface area contributed by atoms with Gasteiger partial charge in [0.2, 0.25) is 0 Å². The van der Waals surface area contributed by atoms with Crippen LogP contribution in [0.25, 0.3) is 11.3 Å². The minimum atomic E-state index is 0.421. The fourth-order valence-electron chi connectivity index (χ4n) is 1.39. The molecule has 3 N–H and O–H groups in total. The van der Waals surface area contributed by atoms with Gasteiger partial charge in [-0.3, -0.25) is 0 Å². The Bertz CT molecular complexity index is 500. The SMILES string of the molecule is CC(=N)c1ccc(-c2cccc(N)c2)o1. The number of nitrogen functional groups attached to an aromatic ring is 1. The summed E-state index contributed by atoms with van der Waals surface area (Å²) in [5, 5.41) is 7.44.